The summed E-state index contributed by atoms with van der Waals surface area (Å²) < 4.78 is 0. The van der Waals surface area contributed by atoms with Crippen molar-refractivity contribution in [2.75, 3.05) is 0 Å². The van der Waals surface area contributed by atoms with Crippen LogP contribution in [0.2, 0.25) is 0 Å². The normalized spacial score (nSPS) is 14.4. The topological polar surface area (TPSA) is 63.7 Å². The van der Waals surface area contributed by atoms with E-state index in [9.17, 15) is 14.4 Å². The number of rotatable bonds is 5. The lowest BCUT2D eigenvalue weighted by Crippen LogP contribution is -2.35. The number of hydrogen-bond donors (Lipinski definition) is 0. The van der Waals surface area contributed by atoms with Crippen molar-refractivity contribution in [2.24, 2.45) is 5.92 Å². The van der Waals surface area contributed by atoms with Crippen LogP contribution in [0.3, 0.4) is 0 Å². The van der Waals surface area contributed by atoms with Gasteiger partial charge in [-0.15, -0.1) is 0 Å². The summed E-state index contributed by atoms with van der Waals surface area (Å²) in [6.45, 7) is 3.87. The minimum absolute atomic E-state index is 0.257. The van der Waals surface area contributed by atoms with Gasteiger partial charge in [-0.1, -0.05) is 48.4 Å². The Kier molecular flexibility index (Phi) is 4.65. The molecule has 0 N–H and O–H groups in total. The molecule has 0 aromatic heterocycles. The molecule has 128 valence electrons. The predicted octanol–water partition coefficient (Wildman–Crippen LogP) is 3.32. The van der Waals surface area contributed by atoms with Gasteiger partial charge in [-0.2, -0.15) is 0 Å². The highest BCUT2D eigenvalue weighted by Crippen LogP contribution is 2.24. The van der Waals surface area contributed by atoms with Crippen LogP contribution in [0.25, 0.3) is 0 Å². The van der Waals surface area contributed by atoms with Gasteiger partial charge in [-0.3, -0.25) is 9.59 Å². The molecular formula is C20H19NO4. The number of carbonyl (C=O) groups is 3. The van der Waals surface area contributed by atoms with Crippen LogP contribution in [0.15, 0.2) is 48.5 Å². The van der Waals surface area contributed by atoms with Crippen molar-refractivity contribution in [3.8, 4) is 0 Å². The first kappa shape index (κ1) is 16.9. The molecule has 1 aliphatic heterocycles. The third-order valence-corrected chi connectivity index (χ3v) is 4.49. The van der Waals surface area contributed by atoms with Gasteiger partial charge in [0.05, 0.1) is 17.0 Å². The molecule has 5 heteroatoms. The van der Waals surface area contributed by atoms with Crippen molar-refractivity contribution >= 4 is 17.8 Å². The van der Waals surface area contributed by atoms with Crippen molar-refractivity contribution in [1.82, 2.24) is 5.06 Å². The molecule has 1 aliphatic rings. The molecule has 0 bridgehead atoms. The van der Waals surface area contributed by atoms with Crippen molar-refractivity contribution in [3.63, 3.8) is 0 Å². The molecule has 25 heavy (non-hydrogen) atoms. The van der Waals surface area contributed by atoms with Crippen LogP contribution in [0.5, 0.6) is 0 Å². The average molecular weight is 337 g/mol. The average Bonchev–Trinajstić information content (AvgIpc) is 2.86. The van der Waals surface area contributed by atoms with Crippen LogP contribution < -0.4 is 0 Å². The van der Waals surface area contributed by atoms with Crippen LogP contribution in [-0.2, 0) is 16.1 Å². The van der Waals surface area contributed by atoms with Gasteiger partial charge in [0.25, 0.3) is 11.8 Å². The summed E-state index contributed by atoms with van der Waals surface area (Å²) in [5.74, 6) is -2.19. The summed E-state index contributed by atoms with van der Waals surface area (Å²) >= 11 is 0. The fourth-order valence-corrected chi connectivity index (χ4v) is 2.91. The second-order valence-electron chi connectivity index (χ2n) is 6.10. The molecule has 2 aromatic rings. The molecule has 5 nitrogen and oxygen atoms in total. The number of hydrogen-bond acceptors (Lipinski definition) is 4. The Balaban J connectivity index is 1.74. The fourth-order valence-electron chi connectivity index (χ4n) is 2.91. The van der Waals surface area contributed by atoms with E-state index >= 15 is 0 Å². The van der Waals surface area contributed by atoms with Crippen LogP contribution >= 0.6 is 0 Å². The molecular weight excluding hydrogens is 318 g/mol. The van der Waals surface area contributed by atoms with E-state index in [1.165, 1.54) is 0 Å². The first-order valence-electron chi connectivity index (χ1n) is 8.27. The van der Waals surface area contributed by atoms with Crippen molar-refractivity contribution < 1.29 is 19.2 Å². The Morgan fingerprint density at radius 3 is 2.12 bits per heavy atom. The third kappa shape index (κ3) is 3.18. The maximum absolute atomic E-state index is 12.5. The summed E-state index contributed by atoms with van der Waals surface area (Å²) in [6.07, 6.45) is 1.06. The standard InChI is InChI=1S/C20H19NO4/c1-3-14(12-15-9-5-4-8-13(15)2)20(24)25-21-18(22)16-10-6-7-11-17(16)19(21)23/h4-11,14H,3,12H2,1-2H3. The van der Waals surface area contributed by atoms with Crippen LogP contribution in [0.4, 0.5) is 0 Å². The Morgan fingerprint density at radius 1 is 1.00 bits per heavy atom. The van der Waals surface area contributed by atoms with Gasteiger partial charge in [0, 0.05) is 0 Å². The van der Waals surface area contributed by atoms with Gasteiger partial charge in [0.1, 0.15) is 0 Å². The second-order valence-corrected chi connectivity index (χ2v) is 6.10. The van der Waals surface area contributed by atoms with E-state index in [0.717, 1.165) is 11.1 Å². The number of benzene rings is 2. The van der Waals surface area contributed by atoms with Crippen LogP contribution in [0, 0.1) is 12.8 Å². The quantitative estimate of drug-likeness (QED) is 0.785. The van der Waals surface area contributed by atoms with Crippen LogP contribution in [0.1, 0.15) is 45.2 Å². The number of aryl methyl sites for hydroxylation is 1. The molecule has 0 spiro atoms. The summed E-state index contributed by atoms with van der Waals surface area (Å²) in [5.41, 5.74) is 2.66. The maximum atomic E-state index is 12.5. The number of fused-ring (bicyclic) bond motifs is 1. The molecule has 1 heterocycles. The lowest BCUT2D eigenvalue weighted by Gasteiger charge is -2.18. The molecule has 0 radical (unpaired) electrons. The zero-order chi connectivity index (χ0) is 18.0. The Morgan fingerprint density at radius 2 is 1.56 bits per heavy atom. The van der Waals surface area contributed by atoms with Crippen LogP contribution in [-0.4, -0.2) is 22.8 Å². The monoisotopic (exact) mass is 337 g/mol. The molecule has 1 atom stereocenters. The lowest BCUT2D eigenvalue weighted by atomic mass is 9.94. The van der Waals surface area contributed by atoms with E-state index in [-0.39, 0.29) is 11.1 Å². The minimum Gasteiger partial charge on any atom is -0.329 e. The highest BCUT2D eigenvalue weighted by Gasteiger charge is 2.39. The third-order valence-electron chi connectivity index (χ3n) is 4.49. The van der Waals surface area contributed by atoms with Gasteiger partial charge in [0.2, 0.25) is 0 Å². The predicted molar refractivity (Wildman–Crippen MR) is 91.7 cm³/mol. The molecule has 1 unspecified atom stereocenters. The molecule has 0 fully saturated rings. The zero-order valence-corrected chi connectivity index (χ0v) is 14.2. The van der Waals surface area contributed by atoms with E-state index in [2.05, 4.69) is 0 Å². The van der Waals surface area contributed by atoms with Gasteiger partial charge in [-0.25, -0.2) is 4.79 Å². The van der Waals surface area contributed by atoms with Gasteiger partial charge in [-0.05, 0) is 43.0 Å². The molecule has 0 saturated heterocycles. The smallest absolute Gasteiger partial charge is 0.329 e. The second kappa shape index (κ2) is 6.89. The summed E-state index contributed by atoms with van der Waals surface area (Å²) in [4.78, 5) is 42.3. The van der Waals surface area contributed by atoms with Gasteiger partial charge < -0.3 is 4.84 Å². The van der Waals surface area contributed by atoms with E-state index in [0.29, 0.717) is 17.9 Å². The highest BCUT2D eigenvalue weighted by molar-refractivity contribution is 6.20. The first-order chi connectivity index (χ1) is 12.0. The molecule has 2 amide bonds. The number of hydroxylamine groups is 2. The molecule has 0 saturated carbocycles. The lowest BCUT2D eigenvalue weighted by molar-refractivity contribution is -0.173. The molecule has 3 rings (SSSR count). The maximum Gasteiger partial charge on any atom is 0.336 e. The van der Waals surface area contributed by atoms with Gasteiger partial charge in [0.15, 0.2) is 0 Å². The minimum atomic E-state index is -0.598. The Bertz CT molecular complexity index is 808. The summed E-state index contributed by atoms with van der Waals surface area (Å²) in [7, 11) is 0. The largest absolute Gasteiger partial charge is 0.336 e. The van der Waals surface area contributed by atoms with E-state index < -0.39 is 23.7 Å². The Hall–Kier alpha value is -2.95. The Labute approximate surface area is 146 Å². The zero-order valence-electron chi connectivity index (χ0n) is 14.2. The summed E-state index contributed by atoms with van der Waals surface area (Å²) in [5, 5.41) is 0.577. The van der Waals surface area contributed by atoms with Gasteiger partial charge >= 0.3 is 5.97 Å². The number of imide groups is 1. The number of amides is 2. The first-order valence-corrected chi connectivity index (χ1v) is 8.27. The van der Waals surface area contributed by atoms with E-state index in [1.807, 2.05) is 38.1 Å². The van der Waals surface area contributed by atoms with Crippen molar-refractivity contribution in [3.05, 3.63) is 70.8 Å². The van der Waals surface area contributed by atoms with E-state index in [1.54, 1.807) is 24.3 Å². The molecule has 2 aromatic carbocycles. The number of carbonyl (C=O) groups excluding carboxylic acids is 3. The molecule has 0 aliphatic carbocycles. The fraction of sp³-hybridized carbons (Fsp3) is 0.250. The van der Waals surface area contributed by atoms with Crippen molar-refractivity contribution in [2.45, 2.75) is 26.7 Å². The van der Waals surface area contributed by atoms with Crippen molar-refractivity contribution in [1.29, 1.82) is 0 Å². The number of nitrogens with zero attached hydrogens (tertiary/aromatic N) is 1. The highest BCUT2D eigenvalue weighted by atomic mass is 16.7. The summed E-state index contributed by atoms with van der Waals surface area (Å²) in [6, 6.07) is 14.2. The van der Waals surface area contributed by atoms with E-state index in [4.69, 9.17) is 4.84 Å². The SMILES string of the molecule is CCC(Cc1ccccc1C)C(=O)ON1C(=O)c2ccccc2C1=O.